The van der Waals surface area contributed by atoms with Crippen molar-refractivity contribution < 1.29 is 14.3 Å². The van der Waals surface area contributed by atoms with Crippen molar-refractivity contribution in [2.24, 2.45) is 5.92 Å². The van der Waals surface area contributed by atoms with E-state index in [0.29, 0.717) is 18.2 Å². The van der Waals surface area contributed by atoms with Gasteiger partial charge in [0.05, 0.1) is 6.54 Å². The molecular weight excluding hydrogens is 232 g/mol. The lowest BCUT2D eigenvalue weighted by Crippen LogP contribution is -2.26. The fourth-order valence-corrected chi connectivity index (χ4v) is 2.52. The number of carboxylic acids is 1. The van der Waals surface area contributed by atoms with Crippen LogP contribution in [-0.2, 0) is 6.54 Å². The van der Waals surface area contributed by atoms with E-state index in [1.54, 1.807) is 6.07 Å². The predicted octanol–water partition coefficient (Wildman–Crippen LogP) is 1.36. The Morgan fingerprint density at radius 3 is 2.94 bits per heavy atom. The summed E-state index contributed by atoms with van der Waals surface area (Å²) < 4.78 is 5.25. The predicted molar refractivity (Wildman–Crippen MR) is 67.6 cm³/mol. The minimum atomic E-state index is -1.01. The molecule has 1 fully saturated rings. The van der Waals surface area contributed by atoms with E-state index >= 15 is 0 Å². The van der Waals surface area contributed by atoms with E-state index in [0.717, 1.165) is 13.1 Å². The van der Waals surface area contributed by atoms with Crippen molar-refractivity contribution in [3.8, 4) is 0 Å². The van der Waals surface area contributed by atoms with E-state index in [4.69, 9.17) is 9.52 Å². The number of carboxylic acid groups (broad SMARTS) is 1. The summed E-state index contributed by atoms with van der Waals surface area (Å²) in [5.74, 6) is 0.412. The first kappa shape index (κ1) is 13.1. The second-order valence-electron chi connectivity index (χ2n) is 5.18. The minimum Gasteiger partial charge on any atom is -0.475 e. The number of hydrogen-bond donors (Lipinski definition) is 1. The summed E-state index contributed by atoms with van der Waals surface area (Å²) >= 11 is 0. The highest BCUT2D eigenvalue weighted by molar-refractivity contribution is 5.84. The Morgan fingerprint density at radius 1 is 1.61 bits per heavy atom. The van der Waals surface area contributed by atoms with Crippen LogP contribution in [0.2, 0.25) is 0 Å². The molecule has 1 saturated heterocycles. The van der Waals surface area contributed by atoms with Crippen LogP contribution in [0.5, 0.6) is 0 Å². The van der Waals surface area contributed by atoms with E-state index in [9.17, 15) is 4.79 Å². The maximum atomic E-state index is 10.7. The highest BCUT2D eigenvalue weighted by atomic mass is 16.4. The number of nitrogens with zero attached hydrogens (tertiary/aromatic N) is 2. The number of hydrogen-bond acceptors (Lipinski definition) is 4. The number of carbonyl (C=O) groups is 1. The normalized spacial score (nSPS) is 20.7. The summed E-state index contributed by atoms with van der Waals surface area (Å²) in [6, 6.07) is 3.25. The zero-order valence-corrected chi connectivity index (χ0v) is 10.9. The van der Waals surface area contributed by atoms with Gasteiger partial charge < -0.3 is 14.4 Å². The van der Waals surface area contributed by atoms with Crippen LogP contribution in [-0.4, -0.2) is 54.6 Å². The zero-order chi connectivity index (χ0) is 13.1. The quantitative estimate of drug-likeness (QED) is 0.857. The highest BCUT2D eigenvalue weighted by Crippen LogP contribution is 2.17. The van der Waals surface area contributed by atoms with Crippen LogP contribution in [0.3, 0.4) is 0 Å². The molecule has 0 saturated carbocycles. The Balaban J connectivity index is 1.82. The molecule has 0 aromatic carbocycles. The summed E-state index contributed by atoms with van der Waals surface area (Å²) in [7, 11) is 4.19. The SMILES string of the molecule is CN1CCC(CN(C)Cc2ccc(C(=O)O)o2)C1. The van der Waals surface area contributed by atoms with Crippen molar-refractivity contribution in [3.63, 3.8) is 0 Å². The van der Waals surface area contributed by atoms with Gasteiger partial charge >= 0.3 is 5.97 Å². The van der Waals surface area contributed by atoms with Crippen molar-refractivity contribution in [2.45, 2.75) is 13.0 Å². The van der Waals surface area contributed by atoms with Crippen LogP contribution in [0.25, 0.3) is 0 Å². The van der Waals surface area contributed by atoms with Gasteiger partial charge in [0.15, 0.2) is 0 Å². The van der Waals surface area contributed by atoms with E-state index in [1.807, 2.05) is 7.05 Å². The molecule has 1 unspecified atom stereocenters. The Kier molecular flexibility index (Phi) is 4.04. The second kappa shape index (κ2) is 5.54. The first-order chi connectivity index (χ1) is 8.54. The summed E-state index contributed by atoms with van der Waals surface area (Å²) in [5, 5.41) is 8.78. The monoisotopic (exact) mass is 252 g/mol. The van der Waals surface area contributed by atoms with Crippen LogP contribution in [0.4, 0.5) is 0 Å². The molecule has 100 valence electrons. The molecule has 5 nitrogen and oxygen atoms in total. The maximum absolute atomic E-state index is 10.7. The van der Waals surface area contributed by atoms with Crippen molar-refractivity contribution in [2.75, 3.05) is 33.7 Å². The van der Waals surface area contributed by atoms with Crippen LogP contribution < -0.4 is 0 Å². The average Bonchev–Trinajstić information content (AvgIpc) is 2.88. The van der Waals surface area contributed by atoms with E-state index in [2.05, 4.69) is 16.8 Å². The molecule has 2 rings (SSSR count). The van der Waals surface area contributed by atoms with Gasteiger partial charge in [0.1, 0.15) is 5.76 Å². The number of rotatable bonds is 5. The smallest absolute Gasteiger partial charge is 0.371 e. The number of aromatic carboxylic acids is 1. The van der Waals surface area contributed by atoms with Gasteiger partial charge in [-0.15, -0.1) is 0 Å². The van der Waals surface area contributed by atoms with Gasteiger partial charge in [-0.2, -0.15) is 0 Å². The van der Waals surface area contributed by atoms with E-state index < -0.39 is 5.97 Å². The lowest BCUT2D eigenvalue weighted by atomic mass is 10.1. The van der Waals surface area contributed by atoms with Crippen LogP contribution in [0.1, 0.15) is 22.7 Å². The summed E-state index contributed by atoms with van der Waals surface area (Å²) in [6.45, 7) is 3.99. The van der Waals surface area contributed by atoms with Gasteiger partial charge in [0.25, 0.3) is 0 Å². The first-order valence-electron chi connectivity index (χ1n) is 6.23. The molecule has 1 N–H and O–H groups in total. The van der Waals surface area contributed by atoms with E-state index in [1.165, 1.54) is 19.0 Å². The van der Waals surface area contributed by atoms with Gasteiger partial charge in [-0.1, -0.05) is 0 Å². The molecule has 1 atom stereocenters. The van der Waals surface area contributed by atoms with Crippen molar-refractivity contribution >= 4 is 5.97 Å². The molecule has 2 heterocycles. The summed E-state index contributed by atoms with van der Waals surface area (Å²) in [6.07, 6.45) is 1.24. The lowest BCUT2D eigenvalue weighted by Gasteiger charge is -2.19. The van der Waals surface area contributed by atoms with Crippen molar-refractivity contribution in [3.05, 3.63) is 23.7 Å². The Bertz CT molecular complexity index is 416. The zero-order valence-electron chi connectivity index (χ0n) is 10.9. The fourth-order valence-electron chi connectivity index (χ4n) is 2.52. The Morgan fingerprint density at radius 2 is 2.39 bits per heavy atom. The van der Waals surface area contributed by atoms with Gasteiger partial charge in [-0.05, 0) is 45.1 Å². The van der Waals surface area contributed by atoms with Gasteiger partial charge in [0.2, 0.25) is 5.76 Å². The third-order valence-corrected chi connectivity index (χ3v) is 3.36. The molecule has 1 aromatic rings. The Hall–Kier alpha value is -1.33. The standard InChI is InChI=1S/C13H20N2O3/c1-14-6-5-10(7-14)8-15(2)9-11-3-4-12(18-11)13(16)17/h3-4,10H,5-9H2,1-2H3,(H,16,17). The average molecular weight is 252 g/mol. The Labute approximate surface area is 107 Å². The van der Waals surface area contributed by atoms with Crippen molar-refractivity contribution in [1.82, 2.24) is 9.80 Å². The fraction of sp³-hybridized carbons (Fsp3) is 0.615. The molecule has 0 spiro atoms. The minimum absolute atomic E-state index is 0.0130. The van der Waals surface area contributed by atoms with E-state index in [-0.39, 0.29) is 5.76 Å². The summed E-state index contributed by atoms with van der Waals surface area (Å²) in [5.41, 5.74) is 0. The molecule has 0 aliphatic carbocycles. The van der Waals surface area contributed by atoms with Crippen LogP contribution in [0, 0.1) is 5.92 Å². The van der Waals surface area contributed by atoms with Gasteiger partial charge in [-0.3, -0.25) is 4.90 Å². The molecule has 1 aliphatic heterocycles. The van der Waals surface area contributed by atoms with Crippen LogP contribution in [0.15, 0.2) is 16.5 Å². The third kappa shape index (κ3) is 3.34. The van der Waals surface area contributed by atoms with Crippen molar-refractivity contribution in [1.29, 1.82) is 0 Å². The second-order valence-corrected chi connectivity index (χ2v) is 5.18. The molecule has 1 aliphatic rings. The number of furan rings is 1. The molecule has 0 radical (unpaired) electrons. The van der Waals surface area contributed by atoms with Crippen LogP contribution >= 0.6 is 0 Å². The van der Waals surface area contributed by atoms with Gasteiger partial charge in [0, 0.05) is 13.1 Å². The molecule has 5 heteroatoms. The molecule has 18 heavy (non-hydrogen) atoms. The molecule has 0 bridgehead atoms. The van der Waals surface area contributed by atoms with Gasteiger partial charge in [-0.25, -0.2) is 4.79 Å². The molecule has 0 amide bonds. The topological polar surface area (TPSA) is 56.9 Å². The summed E-state index contributed by atoms with van der Waals surface area (Å²) in [4.78, 5) is 15.2. The molecule has 1 aromatic heterocycles. The number of likely N-dealkylation sites (tertiary alicyclic amines) is 1. The molecular formula is C13H20N2O3. The largest absolute Gasteiger partial charge is 0.475 e. The lowest BCUT2D eigenvalue weighted by molar-refractivity contribution is 0.0658. The highest BCUT2D eigenvalue weighted by Gasteiger charge is 2.21. The third-order valence-electron chi connectivity index (χ3n) is 3.36. The maximum Gasteiger partial charge on any atom is 0.371 e. The first-order valence-corrected chi connectivity index (χ1v) is 6.23.